The van der Waals surface area contributed by atoms with Crippen LogP contribution in [0, 0.1) is 13.8 Å². The fraction of sp³-hybridized carbons (Fsp3) is 0.174. The molecule has 1 amide bonds. The number of sulfonamides is 1. The van der Waals surface area contributed by atoms with Gasteiger partial charge in [-0.3, -0.25) is 9.10 Å². The Kier molecular flexibility index (Phi) is 6.03. The smallest absolute Gasteiger partial charge is 0.264 e. The highest BCUT2D eigenvalue weighted by molar-refractivity contribution is 7.92. The van der Waals surface area contributed by atoms with Gasteiger partial charge in [0.25, 0.3) is 15.9 Å². The summed E-state index contributed by atoms with van der Waals surface area (Å²) >= 11 is 0. The fourth-order valence-corrected chi connectivity index (χ4v) is 4.42. The summed E-state index contributed by atoms with van der Waals surface area (Å²) in [7, 11) is -2.27. The number of hydrogen-bond acceptors (Lipinski definition) is 3. The molecule has 0 spiro atoms. The average molecular weight is 409 g/mol. The second kappa shape index (κ2) is 8.49. The predicted molar refractivity (Wildman–Crippen MR) is 116 cm³/mol. The van der Waals surface area contributed by atoms with Gasteiger partial charge in [-0.2, -0.15) is 0 Å². The number of rotatable bonds is 6. The molecular formula is C23H24N2O3S. The third-order valence-corrected chi connectivity index (χ3v) is 6.51. The topological polar surface area (TPSA) is 66.5 Å². The number of benzene rings is 3. The maximum absolute atomic E-state index is 13.1. The molecule has 0 aliphatic carbocycles. The van der Waals surface area contributed by atoms with E-state index in [1.807, 2.05) is 50.2 Å². The molecular weight excluding hydrogens is 384 g/mol. The van der Waals surface area contributed by atoms with Crippen molar-refractivity contribution < 1.29 is 13.2 Å². The number of carbonyl (C=O) groups excluding carboxylic acids is 1. The lowest BCUT2D eigenvalue weighted by Gasteiger charge is -2.21. The van der Waals surface area contributed by atoms with Gasteiger partial charge in [0, 0.05) is 19.2 Å². The van der Waals surface area contributed by atoms with E-state index in [2.05, 4.69) is 5.32 Å². The summed E-state index contributed by atoms with van der Waals surface area (Å²) in [6.45, 7) is 4.22. The highest BCUT2D eigenvalue weighted by Crippen LogP contribution is 2.25. The molecule has 3 rings (SSSR count). The lowest BCUT2D eigenvalue weighted by atomic mass is 10.1. The number of amides is 1. The highest BCUT2D eigenvalue weighted by atomic mass is 32.2. The van der Waals surface area contributed by atoms with Gasteiger partial charge in [0.2, 0.25) is 0 Å². The number of hydrogen-bond donors (Lipinski definition) is 1. The van der Waals surface area contributed by atoms with E-state index >= 15 is 0 Å². The molecule has 0 bridgehead atoms. The highest BCUT2D eigenvalue weighted by Gasteiger charge is 2.23. The van der Waals surface area contributed by atoms with Crippen molar-refractivity contribution in [2.24, 2.45) is 0 Å². The van der Waals surface area contributed by atoms with Gasteiger partial charge in [-0.15, -0.1) is 0 Å². The van der Waals surface area contributed by atoms with Crippen molar-refractivity contribution in [2.75, 3.05) is 11.4 Å². The third kappa shape index (κ3) is 4.66. The number of anilines is 1. The number of aryl methyl sites for hydroxylation is 2. The van der Waals surface area contributed by atoms with Gasteiger partial charge in [-0.25, -0.2) is 8.42 Å². The number of para-hydroxylation sites is 1. The summed E-state index contributed by atoms with van der Waals surface area (Å²) in [5, 5.41) is 2.84. The van der Waals surface area contributed by atoms with Crippen molar-refractivity contribution in [3.63, 3.8) is 0 Å². The second-order valence-corrected chi connectivity index (χ2v) is 8.93. The van der Waals surface area contributed by atoms with Gasteiger partial charge >= 0.3 is 0 Å². The molecule has 0 radical (unpaired) electrons. The Balaban J connectivity index is 1.81. The van der Waals surface area contributed by atoms with Crippen LogP contribution in [-0.2, 0) is 16.6 Å². The Morgan fingerprint density at radius 1 is 0.931 bits per heavy atom. The zero-order chi connectivity index (χ0) is 21.0. The first kappa shape index (κ1) is 20.6. The molecule has 0 unspecified atom stereocenters. The largest absolute Gasteiger partial charge is 0.348 e. The van der Waals surface area contributed by atoms with Gasteiger partial charge in [-0.05, 0) is 49.2 Å². The van der Waals surface area contributed by atoms with Crippen molar-refractivity contribution in [1.82, 2.24) is 5.32 Å². The van der Waals surface area contributed by atoms with Crippen LogP contribution >= 0.6 is 0 Å². The van der Waals surface area contributed by atoms with Crippen LogP contribution in [0.3, 0.4) is 0 Å². The van der Waals surface area contributed by atoms with E-state index in [-0.39, 0.29) is 10.8 Å². The van der Waals surface area contributed by atoms with Crippen LogP contribution in [0.5, 0.6) is 0 Å². The predicted octanol–water partition coefficient (Wildman–Crippen LogP) is 4.06. The van der Waals surface area contributed by atoms with Crippen LogP contribution in [-0.4, -0.2) is 21.4 Å². The summed E-state index contributed by atoms with van der Waals surface area (Å²) in [5.41, 5.74) is 3.86. The molecule has 0 saturated carbocycles. The Morgan fingerprint density at radius 3 is 2.38 bits per heavy atom. The first-order chi connectivity index (χ1) is 13.8. The molecule has 0 atom stereocenters. The van der Waals surface area contributed by atoms with E-state index < -0.39 is 10.0 Å². The Labute approximate surface area is 172 Å². The molecule has 29 heavy (non-hydrogen) atoms. The van der Waals surface area contributed by atoms with Gasteiger partial charge < -0.3 is 5.32 Å². The van der Waals surface area contributed by atoms with Crippen molar-refractivity contribution in [2.45, 2.75) is 25.3 Å². The number of nitrogens with one attached hydrogen (secondary N) is 1. The first-order valence-corrected chi connectivity index (χ1v) is 10.7. The molecule has 6 heteroatoms. The van der Waals surface area contributed by atoms with E-state index in [4.69, 9.17) is 0 Å². The molecule has 0 aliphatic rings. The molecule has 0 aliphatic heterocycles. The van der Waals surface area contributed by atoms with Crippen molar-refractivity contribution in [3.8, 4) is 0 Å². The molecule has 0 fully saturated rings. The number of nitrogens with zero attached hydrogens (tertiary/aromatic N) is 1. The van der Waals surface area contributed by atoms with Gasteiger partial charge in [-0.1, -0.05) is 54.1 Å². The van der Waals surface area contributed by atoms with Crippen LogP contribution < -0.4 is 9.62 Å². The molecule has 0 saturated heterocycles. The summed E-state index contributed by atoms with van der Waals surface area (Å²) < 4.78 is 27.4. The normalized spacial score (nSPS) is 11.1. The standard InChI is InChI=1S/C23H24N2O3S/c1-17-8-6-10-19(14-17)16-24-23(26)20-11-7-12-21(15-20)29(27,28)25(3)22-13-5-4-9-18(22)2/h4-15H,16H2,1-3H3,(H,24,26). The zero-order valence-corrected chi connectivity index (χ0v) is 17.5. The van der Waals surface area contributed by atoms with Crippen LogP contribution in [0.1, 0.15) is 27.0 Å². The van der Waals surface area contributed by atoms with Crippen molar-refractivity contribution >= 4 is 21.6 Å². The quantitative estimate of drug-likeness (QED) is 0.669. The maximum Gasteiger partial charge on any atom is 0.264 e. The lowest BCUT2D eigenvalue weighted by molar-refractivity contribution is 0.0950. The fourth-order valence-electron chi connectivity index (χ4n) is 3.11. The third-order valence-electron chi connectivity index (χ3n) is 4.74. The molecule has 0 aromatic heterocycles. The van der Waals surface area contributed by atoms with Crippen molar-refractivity contribution in [3.05, 3.63) is 95.1 Å². The maximum atomic E-state index is 13.1. The van der Waals surface area contributed by atoms with Crippen LogP contribution in [0.2, 0.25) is 0 Å². The lowest BCUT2D eigenvalue weighted by Crippen LogP contribution is -2.28. The average Bonchev–Trinajstić information content (AvgIpc) is 2.72. The Bertz CT molecular complexity index is 1140. The first-order valence-electron chi connectivity index (χ1n) is 9.27. The minimum atomic E-state index is -3.79. The minimum absolute atomic E-state index is 0.0754. The summed E-state index contributed by atoms with van der Waals surface area (Å²) in [6.07, 6.45) is 0. The van der Waals surface area contributed by atoms with E-state index in [0.717, 1.165) is 16.7 Å². The summed E-state index contributed by atoms with van der Waals surface area (Å²) in [6, 6.07) is 21.2. The molecule has 5 nitrogen and oxygen atoms in total. The second-order valence-electron chi connectivity index (χ2n) is 6.96. The SMILES string of the molecule is Cc1cccc(CNC(=O)c2cccc(S(=O)(=O)N(C)c3ccccc3C)c2)c1. The van der Waals surface area contributed by atoms with E-state index in [0.29, 0.717) is 17.8 Å². The minimum Gasteiger partial charge on any atom is -0.348 e. The molecule has 3 aromatic carbocycles. The number of carbonyl (C=O) groups is 1. The molecule has 0 heterocycles. The molecule has 150 valence electrons. The van der Waals surface area contributed by atoms with E-state index in [1.165, 1.54) is 23.5 Å². The van der Waals surface area contributed by atoms with Gasteiger partial charge in [0.05, 0.1) is 10.6 Å². The van der Waals surface area contributed by atoms with Crippen LogP contribution in [0.15, 0.2) is 77.7 Å². The summed E-state index contributed by atoms with van der Waals surface area (Å²) in [5.74, 6) is -0.317. The zero-order valence-electron chi connectivity index (χ0n) is 16.7. The molecule has 1 N–H and O–H groups in total. The van der Waals surface area contributed by atoms with Crippen LogP contribution in [0.4, 0.5) is 5.69 Å². The monoisotopic (exact) mass is 408 g/mol. The Morgan fingerprint density at radius 2 is 1.66 bits per heavy atom. The van der Waals surface area contributed by atoms with Gasteiger partial charge in [0.15, 0.2) is 0 Å². The molecule has 3 aromatic rings. The summed E-state index contributed by atoms with van der Waals surface area (Å²) in [4.78, 5) is 12.6. The van der Waals surface area contributed by atoms with Crippen molar-refractivity contribution in [1.29, 1.82) is 0 Å². The van der Waals surface area contributed by atoms with Crippen LogP contribution in [0.25, 0.3) is 0 Å². The Hall–Kier alpha value is -3.12. The van der Waals surface area contributed by atoms with E-state index in [1.54, 1.807) is 24.3 Å². The van der Waals surface area contributed by atoms with E-state index in [9.17, 15) is 13.2 Å². The van der Waals surface area contributed by atoms with Gasteiger partial charge in [0.1, 0.15) is 0 Å².